The summed E-state index contributed by atoms with van der Waals surface area (Å²) in [6, 6.07) is -1.19. The molecule has 194 valence electrons. The number of rotatable bonds is 9. The minimum atomic E-state index is -2.40. The fourth-order valence-corrected chi connectivity index (χ4v) is 3.84. The Hall–Kier alpha value is -1.76. The molecular weight excluding hydrogens is 462 g/mol. The van der Waals surface area contributed by atoms with Gasteiger partial charge in [0.15, 0.2) is 6.29 Å². The summed E-state index contributed by atoms with van der Waals surface area (Å²) in [6.07, 6.45) is -10.3. The van der Waals surface area contributed by atoms with E-state index in [1.54, 1.807) is 11.6 Å². The fraction of sp³-hybridized carbons (Fsp3) is 0.789. The molecule has 0 amide bonds. The lowest BCUT2D eigenvalue weighted by Crippen LogP contribution is -2.68. The van der Waals surface area contributed by atoms with E-state index in [1.807, 2.05) is 0 Å². The Morgan fingerprint density at radius 3 is 2.59 bits per heavy atom. The van der Waals surface area contributed by atoms with Crippen molar-refractivity contribution < 1.29 is 59.9 Å². The van der Waals surface area contributed by atoms with Crippen LogP contribution < -0.4 is 5.32 Å². The van der Waals surface area contributed by atoms with Gasteiger partial charge in [-0.1, -0.05) is 0 Å². The molecule has 2 fully saturated rings. The maximum atomic E-state index is 11.7. The minimum Gasteiger partial charge on any atom is -0.480 e. The Bertz CT molecular complexity index is 824. The number of carboxylic acids is 1. The van der Waals surface area contributed by atoms with Crippen LogP contribution in [0.4, 0.5) is 0 Å². The first-order chi connectivity index (χ1) is 16.0. The van der Waals surface area contributed by atoms with Crippen LogP contribution in [0.25, 0.3) is 0 Å². The predicted octanol–water partition coefficient (Wildman–Crippen LogP) is -5.37. The Morgan fingerprint density at radius 1 is 1.29 bits per heavy atom. The standard InChI is InChI=1S/C19H31N3O12/c1-22-7-20-3-8(22)2-9(17(29)30)21-6-19(31)16(28)15(10(24)5-32-19)34-18-14(27)13(26)12(25)11(4-23)33-18/h3,7,9-16,18,21,23-28,31H,2,4-6H2,1H3,(H,29,30). The number of ether oxygens (including phenoxy) is 3. The van der Waals surface area contributed by atoms with Gasteiger partial charge in [0.2, 0.25) is 5.79 Å². The molecule has 3 heterocycles. The fourth-order valence-electron chi connectivity index (χ4n) is 3.84. The molecule has 0 saturated carbocycles. The van der Waals surface area contributed by atoms with Gasteiger partial charge >= 0.3 is 5.97 Å². The van der Waals surface area contributed by atoms with E-state index in [0.717, 1.165) is 0 Å². The summed E-state index contributed by atoms with van der Waals surface area (Å²) < 4.78 is 17.4. The molecule has 9 N–H and O–H groups in total. The van der Waals surface area contributed by atoms with Crippen LogP contribution in [-0.2, 0) is 32.5 Å². The highest BCUT2D eigenvalue weighted by molar-refractivity contribution is 5.73. The molecule has 15 heteroatoms. The van der Waals surface area contributed by atoms with Crippen LogP contribution in [0.5, 0.6) is 0 Å². The third kappa shape index (κ3) is 5.55. The second kappa shape index (κ2) is 10.9. The summed E-state index contributed by atoms with van der Waals surface area (Å²) in [4.78, 5) is 15.6. The van der Waals surface area contributed by atoms with Crippen molar-refractivity contribution in [2.24, 2.45) is 7.05 Å². The molecule has 0 aliphatic carbocycles. The predicted molar refractivity (Wildman–Crippen MR) is 108 cm³/mol. The van der Waals surface area contributed by atoms with Crippen molar-refractivity contribution in [1.82, 2.24) is 14.9 Å². The molecular formula is C19H31N3O12. The molecule has 1 aromatic heterocycles. The largest absolute Gasteiger partial charge is 0.480 e. The number of aryl methyl sites for hydroxylation is 1. The quantitative estimate of drug-likeness (QED) is 0.156. The number of aliphatic hydroxyl groups excluding tert-OH is 6. The normalized spacial score (nSPS) is 39.6. The van der Waals surface area contributed by atoms with Crippen LogP contribution in [0.3, 0.4) is 0 Å². The van der Waals surface area contributed by atoms with Crippen LogP contribution >= 0.6 is 0 Å². The van der Waals surface area contributed by atoms with Gasteiger partial charge in [-0.2, -0.15) is 0 Å². The molecule has 10 unspecified atom stereocenters. The maximum Gasteiger partial charge on any atom is 0.321 e. The second-order valence-corrected chi connectivity index (χ2v) is 8.44. The first-order valence-electron chi connectivity index (χ1n) is 10.6. The summed E-state index contributed by atoms with van der Waals surface area (Å²) in [7, 11) is 1.69. The molecule has 15 nitrogen and oxygen atoms in total. The minimum absolute atomic E-state index is 0.00539. The molecule has 10 atom stereocenters. The molecule has 2 aliphatic rings. The summed E-state index contributed by atoms with van der Waals surface area (Å²) in [6.45, 7) is -1.83. The van der Waals surface area contributed by atoms with Crippen LogP contribution in [0.15, 0.2) is 12.5 Å². The first kappa shape index (κ1) is 26.8. The molecule has 0 spiro atoms. The Morgan fingerprint density at radius 2 is 2.00 bits per heavy atom. The van der Waals surface area contributed by atoms with E-state index in [0.29, 0.717) is 5.69 Å². The summed E-state index contributed by atoms with van der Waals surface area (Å²) in [5, 5.41) is 83.2. The van der Waals surface area contributed by atoms with Crippen molar-refractivity contribution >= 4 is 5.97 Å². The van der Waals surface area contributed by atoms with Crippen molar-refractivity contribution in [3.05, 3.63) is 18.2 Å². The van der Waals surface area contributed by atoms with E-state index >= 15 is 0 Å². The summed E-state index contributed by atoms with van der Waals surface area (Å²) in [5.74, 6) is -3.64. The van der Waals surface area contributed by atoms with Gasteiger partial charge in [-0.25, -0.2) is 4.98 Å². The number of hydrogen-bond donors (Lipinski definition) is 9. The van der Waals surface area contributed by atoms with Gasteiger partial charge in [-0.05, 0) is 0 Å². The maximum absolute atomic E-state index is 11.7. The zero-order valence-corrected chi connectivity index (χ0v) is 18.3. The van der Waals surface area contributed by atoms with Gasteiger partial charge in [-0.15, -0.1) is 0 Å². The average Bonchev–Trinajstić information content (AvgIpc) is 3.21. The van der Waals surface area contributed by atoms with E-state index in [1.165, 1.54) is 12.5 Å². The van der Waals surface area contributed by atoms with Crippen LogP contribution in [0.2, 0.25) is 0 Å². The van der Waals surface area contributed by atoms with Gasteiger partial charge in [0.1, 0.15) is 48.8 Å². The van der Waals surface area contributed by atoms with Crippen molar-refractivity contribution in [3.8, 4) is 0 Å². The van der Waals surface area contributed by atoms with Gasteiger partial charge in [0.05, 0.1) is 26.1 Å². The van der Waals surface area contributed by atoms with E-state index in [2.05, 4.69) is 10.3 Å². The van der Waals surface area contributed by atoms with Gasteiger partial charge in [0, 0.05) is 25.4 Å². The van der Waals surface area contributed by atoms with Crippen LogP contribution in [0.1, 0.15) is 5.69 Å². The number of hydrogen-bond acceptors (Lipinski definition) is 13. The van der Waals surface area contributed by atoms with Crippen LogP contribution in [0, 0.1) is 0 Å². The molecule has 3 rings (SSSR count). The van der Waals surface area contributed by atoms with E-state index < -0.39 is 86.6 Å². The topological polar surface area (TPSA) is 236 Å². The molecule has 0 bridgehead atoms. The molecule has 1 aromatic rings. The lowest BCUT2D eigenvalue weighted by Gasteiger charge is -2.47. The third-order valence-corrected chi connectivity index (χ3v) is 6.03. The van der Waals surface area contributed by atoms with Crippen molar-refractivity contribution in [3.63, 3.8) is 0 Å². The van der Waals surface area contributed by atoms with E-state index in [-0.39, 0.29) is 6.42 Å². The number of carbonyl (C=O) groups is 1. The highest BCUT2D eigenvalue weighted by atomic mass is 16.7. The first-order valence-corrected chi connectivity index (χ1v) is 10.6. The zero-order valence-electron chi connectivity index (χ0n) is 18.3. The summed E-state index contributed by atoms with van der Waals surface area (Å²) in [5.41, 5.74) is 0.594. The number of aliphatic hydroxyl groups is 7. The monoisotopic (exact) mass is 493 g/mol. The number of aromatic nitrogens is 2. The van der Waals surface area contributed by atoms with E-state index in [9.17, 15) is 45.6 Å². The lowest BCUT2D eigenvalue weighted by molar-refractivity contribution is -0.367. The van der Waals surface area contributed by atoms with Gasteiger partial charge in [0.25, 0.3) is 0 Å². The molecule has 2 aliphatic heterocycles. The highest BCUT2D eigenvalue weighted by Gasteiger charge is 2.53. The SMILES string of the molecule is Cn1cncc1CC(NCC1(O)OCC(O)C(OC2OC(CO)C(O)C(O)C2O)C1O)C(=O)O. The Kier molecular flexibility index (Phi) is 8.59. The number of carboxylic acid groups (broad SMARTS) is 1. The van der Waals surface area contributed by atoms with Crippen molar-refractivity contribution in [2.45, 2.75) is 67.3 Å². The number of nitrogens with one attached hydrogen (secondary N) is 1. The van der Waals surface area contributed by atoms with Gasteiger partial charge in [-0.3, -0.25) is 10.1 Å². The average molecular weight is 493 g/mol. The third-order valence-electron chi connectivity index (χ3n) is 6.03. The smallest absolute Gasteiger partial charge is 0.321 e. The van der Waals surface area contributed by atoms with E-state index in [4.69, 9.17) is 14.2 Å². The Labute approximate surface area is 193 Å². The number of imidazole rings is 1. The second-order valence-electron chi connectivity index (χ2n) is 8.44. The Balaban J connectivity index is 1.68. The summed E-state index contributed by atoms with van der Waals surface area (Å²) >= 11 is 0. The lowest BCUT2D eigenvalue weighted by atomic mass is 9.95. The molecule has 2 saturated heterocycles. The van der Waals surface area contributed by atoms with Crippen LogP contribution in [-0.4, -0.2) is 137 Å². The molecule has 0 aromatic carbocycles. The zero-order chi connectivity index (χ0) is 25.2. The number of nitrogens with zero attached hydrogens (tertiary/aromatic N) is 2. The molecule has 0 radical (unpaired) electrons. The van der Waals surface area contributed by atoms with Gasteiger partial charge < -0.3 is 59.6 Å². The molecule has 34 heavy (non-hydrogen) atoms. The van der Waals surface area contributed by atoms with Crippen molar-refractivity contribution in [2.75, 3.05) is 19.8 Å². The number of aliphatic carboxylic acids is 1. The highest BCUT2D eigenvalue weighted by Crippen LogP contribution is 2.30. The van der Waals surface area contributed by atoms with Crippen molar-refractivity contribution in [1.29, 1.82) is 0 Å².